The predicted molar refractivity (Wildman–Crippen MR) is 151 cm³/mol. The minimum atomic E-state index is 0.781. The Bertz CT molecular complexity index is 1350. The molecule has 5 rings (SSSR count). The van der Waals surface area contributed by atoms with E-state index in [1.807, 2.05) is 97.1 Å². The maximum absolute atomic E-state index is 4.68. The van der Waals surface area contributed by atoms with Crippen molar-refractivity contribution in [2.24, 2.45) is 9.98 Å². The highest BCUT2D eigenvalue weighted by Gasteiger charge is 2.05. The Morgan fingerprint density at radius 3 is 0.972 bits per heavy atom. The lowest BCUT2D eigenvalue weighted by Gasteiger charge is -2.05. The smallest absolute Gasteiger partial charge is 0.0751 e. The quantitative estimate of drug-likeness (QED) is 0.227. The molecule has 0 saturated heterocycles. The molecule has 0 spiro atoms. The van der Waals surface area contributed by atoms with Crippen molar-refractivity contribution < 1.29 is 0 Å². The van der Waals surface area contributed by atoms with E-state index in [0.29, 0.717) is 0 Å². The number of rotatable bonds is 6. The Morgan fingerprint density at radius 2 is 0.667 bits per heavy atom. The summed E-state index contributed by atoms with van der Waals surface area (Å²) in [5.41, 5.74) is 7.73. The summed E-state index contributed by atoms with van der Waals surface area (Å²) < 4.78 is 0. The zero-order valence-corrected chi connectivity index (χ0v) is 19.8. The van der Waals surface area contributed by atoms with Gasteiger partial charge in [0.2, 0.25) is 0 Å². The molecule has 5 aromatic rings. The zero-order chi connectivity index (χ0) is 24.4. The van der Waals surface area contributed by atoms with Crippen molar-refractivity contribution in [3.05, 3.63) is 168 Å². The molecule has 170 valence electrons. The van der Waals surface area contributed by atoms with E-state index in [0.717, 1.165) is 44.8 Å². The summed E-state index contributed by atoms with van der Waals surface area (Å²) in [6.07, 6.45) is 0. The highest BCUT2D eigenvalue weighted by molar-refractivity contribution is 6.00. The molecule has 0 aliphatic heterocycles. The zero-order valence-electron chi connectivity index (χ0n) is 19.8. The molecule has 0 heterocycles. The summed E-state index contributed by atoms with van der Waals surface area (Å²) in [5.74, 6) is 6.57. The van der Waals surface area contributed by atoms with Gasteiger partial charge in [0.05, 0.1) is 22.5 Å². The van der Waals surface area contributed by atoms with Crippen LogP contribution in [-0.4, -0.2) is 11.7 Å². The molecule has 2 nitrogen and oxygen atoms in total. The lowest BCUT2D eigenvalue weighted by Crippen LogP contribution is -1.88. The Hall–Kier alpha value is -5.00. The van der Waals surface area contributed by atoms with Gasteiger partial charge < -0.3 is 0 Å². The number of aliphatic imine (C=N–C) groups is 2. The normalized spacial score (nSPS) is 10.0. The third-order valence-corrected chi connectivity index (χ3v) is 5.67. The average molecular weight is 461 g/mol. The summed E-state index contributed by atoms with van der Waals surface area (Å²) in [4.78, 5) is 9.36. The monoisotopic (exact) mass is 460 g/mol. The summed E-state index contributed by atoms with van der Waals surface area (Å²) in [5, 5.41) is 0. The van der Waals surface area contributed by atoms with Crippen LogP contribution < -0.4 is 0 Å². The lowest BCUT2D eigenvalue weighted by molar-refractivity contribution is 1.48. The van der Waals surface area contributed by atoms with E-state index in [1.165, 1.54) is 0 Å². The summed E-state index contributed by atoms with van der Waals surface area (Å²) in [6, 6.07) is 48.7. The molecule has 0 aromatic heterocycles. The Kier molecular flexibility index (Phi) is 7.23. The fourth-order valence-corrected chi connectivity index (χ4v) is 3.88. The molecule has 36 heavy (non-hydrogen) atoms. The summed E-state index contributed by atoms with van der Waals surface area (Å²) in [7, 11) is 0. The minimum Gasteiger partial charge on any atom is -0.206 e. The van der Waals surface area contributed by atoms with E-state index in [9.17, 15) is 0 Å². The van der Waals surface area contributed by atoms with Crippen molar-refractivity contribution in [2.45, 2.75) is 0 Å². The van der Waals surface area contributed by atoms with E-state index < -0.39 is 0 Å². The third kappa shape index (κ3) is 5.73. The number of hydrogen-bond acceptors (Lipinski definition) is 2. The lowest BCUT2D eigenvalue weighted by atomic mass is 9.99. The summed E-state index contributed by atoms with van der Waals surface area (Å²) >= 11 is 0. The highest BCUT2D eigenvalue weighted by Crippen LogP contribution is 2.24. The van der Waals surface area contributed by atoms with Crippen LogP contribution in [0.3, 0.4) is 0 Å². The van der Waals surface area contributed by atoms with Gasteiger partial charge >= 0.3 is 0 Å². The van der Waals surface area contributed by atoms with Crippen LogP contribution >= 0.6 is 0 Å². The van der Waals surface area contributed by atoms with E-state index in [2.05, 4.69) is 70.3 Å². The van der Waals surface area contributed by atoms with Crippen molar-refractivity contribution in [3.8, 4) is 0 Å². The van der Waals surface area contributed by atoms with Crippen molar-refractivity contribution in [2.75, 3.05) is 0 Å². The number of hydrogen-bond donors (Lipinski definition) is 0. The van der Waals surface area contributed by atoms with Crippen molar-refractivity contribution in [1.82, 2.24) is 0 Å². The topological polar surface area (TPSA) is 24.7 Å². The minimum absolute atomic E-state index is 0.781. The van der Waals surface area contributed by atoms with Crippen molar-refractivity contribution in [3.63, 3.8) is 0 Å². The summed E-state index contributed by atoms with van der Waals surface area (Å²) in [6.45, 7) is 0. The van der Waals surface area contributed by atoms with Gasteiger partial charge in [0.15, 0.2) is 0 Å². The molecule has 0 aliphatic rings. The maximum atomic E-state index is 4.68. The second kappa shape index (κ2) is 11.4. The molecule has 0 fully saturated rings. The van der Waals surface area contributed by atoms with Gasteiger partial charge in [-0.3, -0.25) is 0 Å². The van der Waals surface area contributed by atoms with Gasteiger partial charge in [-0.15, -0.1) is 0 Å². The van der Waals surface area contributed by atoms with Gasteiger partial charge in [-0.05, 0) is 52.2 Å². The SMILES string of the molecule is C(=Nc1cccc(N=C=C(c2ccccc2)c2ccccc2)c1)=C(c1ccccc1)c1ccccc1. The molecule has 5 aromatic carbocycles. The first kappa shape index (κ1) is 22.8. The second-order valence-electron chi connectivity index (χ2n) is 8.18. The van der Waals surface area contributed by atoms with Gasteiger partial charge in [-0.2, -0.15) is 0 Å². The van der Waals surface area contributed by atoms with Gasteiger partial charge in [0.25, 0.3) is 0 Å². The molecule has 0 amide bonds. The first-order valence-electron chi connectivity index (χ1n) is 11.9. The Morgan fingerprint density at radius 1 is 0.361 bits per heavy atom. The molecular formula is C34H24N2. The molecule has 0 bridgehead atoms. The number of benzene rings is 5. The second-order valence-corrected chi connectivity index (χ2v) is 8.18. The van der Waals surface area contributed by atoms with Crippen LogP contribution in [0.1, 0.15) is 22.3 Å². The molecule has 0 radical (unpaired) electrons. The van der Waals surface area contributed by atoms with Crippen molar-refractivity contribution >= 4 is 34.3 Å². The van der Waals surface area contributed by atoms with Gasteiger partial charge in [-0.25, -0.2) is 9.98 Å². The van der Waals surface area contributed by atoms with E-state index >= 15 is 0 Å². The van der Waals surface area contributed by atoms with Crippen LogP contribution in [0.4, 0.5) is 11.4 Å². The highest BCUT2D eigenvalue weighted by atomic mass is 14.7. The standard InChI is InChI=1S/C34H24N2/c1-5-14-27(15-6-1)33(28-16-7-2-8-17-28)25-35-31-22-13-23-32(24-31)36-26-34(29-18-9-3-10-19-29)30-20-11-4-12-21-30/h1-24H. The average Bonchev–Trinajstić information content (AvgIpc) is 2.96. The van der Waals surface area contributed by atoms with Gasteiger partial charge in [0.1, 0.15) is 0 Å². The molecule has 0 N–H and O–H groups in total. The van der Waals surface area contributed by atoms with Crippen LogP contribution in [0.5, 0.6) is 0 Å². The largest absolute Gasteiger partial charge is 0.206 e. The Labute approximate surface area is 212 Å². The van der Waals surface area contributed by atoms with E-state index in [4.69, 9.17) is 0 Å². The van der Waals surface area contributed by atoms with Crippen LogP contribution in [0, 0.1) is 0 Å². The predicted octanol–water partition coefficient (Wildman–Crippen LogP) is 8.55. The molecule has 2 heteroatoms. The maximum Gasteiger partial charge on any atom is 0.0751 e. The van der Waals surface area contributed by atoms with Crippen LogP contribution in [0.15, 0.2) is 156 Å². The van der Waals surface area contributed by atoms with E-state index in [-0.39, 0.29) is 0 Å². The molecule has 0 unspecified atom stereocenters. The first-order valence-corrected chi connectivity index (χ1v) is 11.9. The fourth-order valence-electron chi connectivity index (χ4n) is 3.88. The van der Waals surface area contributed by atoms with Crippen LogP contribution in [-0.2, 0) is 0 Å². The van der Waals surface area contributed by atoms with Crippen LogP contribution in [0.25, 0.3) is 11.1 Å². The van der Waals surface area contributed by atoms with E-state index in [1.54, 1.807) is 0 Å². The van der Waals surface area contributed by atoms with Crippen LogP contribution in [0.2, 0.25) is 0 Å². The fraction of sp³-hybridized carbons (Fsp3) is 0. The Balaban J connectivity index is 1.55. The molecular weight excluding hydrogens is 436 g/mol. The molecule has 0 aliphatic carbocycles. The van der Waals surface area contributed by atoms with Crippen molar-refractivity contribution in [1.29, 1.82) is 0 Å². The molecule has 0 atom stereocenters. The molecule has 0 saturated carbocycles. The van der Waals surface area contributed by atoms with Gasteiger partial charge in [0, 0.05) is 0 Å². The van der Waals surface area contributed by atoms with Gasteiger partial charge in [-0.1, -0.05) is 127 Å². The number of nitrogens with zero attached hydrogens (tertiary/aromatic N) is 2. The third-order valence-electron chi connectivity index (χ3n) is 5.67. The first-order chi connectivity index (χ1) is 17.9.